The summed E-state index contributed by atoms with van der Waals surface area (Å²) in [6.07, 6.45) is 0.662. The van der Waals surface area contributed by atoms with Gasteiger partial charge >= 0.3 is 5.97 Å². The molecular weight excluding hydrogens is 320 g/mol. The molecule has 0 saturated heterocycles. The Morgan fingerprint density at radius 2 is 1.60 bits per heavy atom. The molecule has 20 heavy (non-hydrogen) atoms. The topological polar surface area (TPSA) is 35.5 Å². The maximum atomic E-state index is 11.7. The average molecular weight is 331 g/mol. The standard InChI is InChI=1S/C16H11BrO3/c17-13-8-6-11(7-9-13)14-10-15(18)20-16(19-14)12-4-2-1-3-5-12/h1-10,16H/t16-/m1/s1. The molecule has 0 fully saturated rings. The van der Waals surface area contributed by atoms with E-state index < -0.39 is 12.3 Å². The molecule has 0 spiro atoms. The largest absolute Gasteiger partial charge is 0.450 e. The van der Waals surface area contributed by atoms with E-state index in [4.69, 9.17) is 9.47 Å². The van der Waals surface area contributed by atoms with Gasteiger partial charge in [-0.25, -0.2) is 4.79 Å². The quantitative estimate of drug-likeness (QED) is 0.779. The Bertz CT molecular complexity index is 647. The second-order valence-corrected chi connectivity index (χ2v) is 5.23. The number of halogens is 1. The summed E-state index contributed by atoms with van der Waals surface area (Å²) in [5.41, 5.74) is 1.65. The fraction of sp³-hybridized carbons (Fsp3) is 0.0625. The first-order valence-electron chi connectivity index (χ1n) is 6.12. The number of benzene rings is 2. The summed E-state index contributed by atoms with van der Waals surface area (Å²) >= 11 is 3.38. The van der Waals surface area contributed by atoms with Gasteiger partial charge in [-0.15, -0.1) is 0 Å². The minimum atomic E-state index is -0.702. The Morgan fingerprint density at radius 1 is 0.900 bits per heavy atom. The van der Waals surface area contributed by atoms with Gasteiger partial charge in [-0.1, -0.05) is 58.4 Å². The van der Waals surface area contributed by atoms with Gasteiger partial charge in [0, 0.05) is 15.6 Å². The number of carbonyl (C=O) groups excluding carboxylic acids is 1. The molecule has 0 aromatic heterocycles. The molecule has 2 aromatic carbocycles. The predicted molar refractivity (Wildman–Crippen MR) is 78.5 cm³/mol. The lowest BCUT2D eigenvalue weighted by molar-refractivity contribution is -0.166. The van der Waals surface area contributed by atoms with Crippen molar-refractivity contribution in [3.8, 4) is 0 Å². The van der Waals surface area contributed by atoms with E-state index in [1.54, 1.807) is 0 Å². The molecule has 3 nitrogen and oxygen atoms in total. The summed E-state index contributed by atoms with van der Waals surface area (Å²) < 4.78 is 11.9. The van der Waals surface area contributed by atoms with Crippen molar-refractivity contribution in [3.63, 3.8) is 0 Å². The summed E-state index contributed by atoms with van der Waals surface area (Å²) in [4.78, 5) is 11.7. The average Bonchev–Trinajstić information content (AvgIpc) is 2.48. The fourth-order valence-electron chi connectivity index (χ4n) is 1.93. The number of hydrogen-bond acceptors (Lipinski definition) is 3. The highest BCUT2D eigenvalue weighted by atomic mass is 79.9. The van der Waals surface area contributed by atoms with Gasteiger partial charge in [0.15, 0.2) is 0 Å². The van der Waals surface area contributed by atoms with Crippen molar-refractivity contribution < 1.29 is 14.3 Å². The van der Waals surface area contributed by atoms with Crippen LogP contribution in [0.4, 0.5) is 0 Å². The highest BCUT2D eigenvalue weighted by molar-refractivity contribution is 9.10. The minimum absolute atomic E-state index is 0.400. The molecule has 2 aromatic rings. The van der Waals surface area contributed by atoms with Crippen molar-refractivity contribution in [2.45, 2.75) is 6.29 Å². The first kappa shape index (κ1) is 12.9. The molecule has 1 aliphatic rings. The monoisotopic (exact) mass is 330 g/mol. The molecule has 1 heterocycles. The number of carbonyl (C=O) groups is 1. The molecule has 1 atom stereocenters. The van der Waals surface area contributed by atoms with Crippen molar-refractivity contribution >= 4 is 27.7 Å². The molecule has 1 aliphatic heterocycles. The highest BCUT2D eigenvalue weighted by Crippen LogP contribution is 2.31. The van der Waals surface area contributed by atoms with E-state index in [9.17, 15) is 4.79 Å². The number of ether oxygens (including phenoxy) is 2. The zero-order chi connectivity index (χ0) is 13.9. The fourth-order valence-corrected chi connectivity index (χ4v) is 2.20. The summed E-state index contributed by atoms with van der Waals surface area (Å²) in [5, 5.41) is 0. The van der Waals surface area contributed by atoms with Crippen LogP contribution in [0, 0.1) is 0 Å². The molecule has 0 bridgehead atoms. The van der Waals surface area contributed by atoms with Crippen molar-refractivity contribution in [1.82, 2.24) is 0 Å². The number of cyclic esters (lactones) is 1. The van der Waals surface area contributed by atoms with E-state index in [-0.39, 0.29) is 0 Å². The van der Waals surface area contributed by atoms with Crippen LogP contribution in [0.2, 0.25) is 0 Å². The number of esters is 1. The second kappa shape index (κ2) is 5.51. The van der Waals surface area contributed by atoms with E-state index >= 15 is 0 Å². The van der Waals surface area contributed by atoms with E-state index in [0.717, 1.165) is 15.6 Å². The predicted octanol–water partition coefficient (Wildman–Crippen LogP) is 4.06. The molecule has 0 amide bonds. The van der Waals surface area contributed by atoms with Gasteiger partial charge in [0.05, 0.1) is 6.08 Å². The number of rotatable bonds is 2. The Labute approximate surface area is 125 Å². The lowest BCUT2D eigenvalue weighted by Crippen LogP contribution is -2.18. The maximum Gasteiger partial charge on any atom is 0.337 e. The third kappa shape index (κ3) is 2.75. The minimum Gasteiger partial charge on any atom is -0.450 e. The van der Waals surface area contributed by atoms with Crippen LogP contribution in [-0.2, 0) is 14.3 Å². The van der Waals surface area contributed by atoms with Gasteiger partial charge in [-0.2, -0.15) is 0 Å². The van der Waals surface area contributed by atoms with E-state index in [1.165, 1.54) is 6.08 Å². The third-order valence-corrected chi connectivity index (χ3v) is 3.44. The first-order valence-corrected chi connectivity index (χ1v) is 6.91. The second-order valence-electron chi connectivity index (χ2n) is 4.31. The van der Waals surface area contributed by atoms with Crippen molar-refractivity contribution in [1.29, 1.82) is 0 Å². The maximum absolute atomic E-state index is 11.7. The van der Waals surface area contributed by atoms with Crippen LogP contribution in [0.1, 0.15) is 17.4 Å². The first-order chi connectivity index (χ1) is 9.72. The van der Waals surface area contributed by atoms with Crippen LogP contribution in [0.25, 0.3) is 5.76 Å². The Balaban J connectivity index is 1.89. The molecule has 0 aliphatic carbocycles. The van der Waals surface area contributed by atoms with Crippen molar-refractivity contribution in [2.75, 3.05) is 0 Å². The Morgan fingerprint density at radius 3 is 2.30 bits per heavy atom. The van der Waals surface area contributed by atoms with Crippen LogP contribution in [0.3, 0.4) is 0 Å². The van der Waals surface area contributed by atoms with E-state index in [0.29, 0.717) is 5.76 Å². The zero-order valence-corrected chi connectivity index (χ0v) is 12.0. The molecular formula is C16H11BrO3. The van der Waals surface area contributed by atoms with Gasteiger partial charge in [0.2, 0.25) is 0 Å². The molecule has 0 unspecified atom stereocenters. The van der Waals surface area contributed by atoms with Gasteiger partial charge < -0.3 is 9.47 Å². The van der Waals surface area contributed by atoms with Crippen molar-refractivity contribution in [2.24, 2.45) is 0 Å². The Kier molecular flexibility index (Phi) is 3.56. The van der Waals surface area contributed by atoms with Gasteiger partial charge in [-0.3, -0.25) is 0 Å². The number of hydrogen-bond donors (Lipinski definition) is 0. The summed E-state index contributed by atoms with van der Waals surface area (Å²) in [7, 11) is 0. The molecule has 0 N–H and O–H groups in total. The van der Waals surface area contributed by atoms with Gasteiger partial charge in [0.1, 0.15) is 5.76 Å². The molecule has 4 heteroatoms. The van der Waals surface area contributed by atoms with Gasteiger partial charge in [-0.05, 0) is 12.1 Å². The van der Waals surface area contributed by atoms with Crippen molar-refractivity contribution in [3.05, 3.63) is 76.3 Å². The molecule has 0 saturated carbocycles. The summed E-state index contributed by atoms with van der Waals surface area (Å²) in [6.45, 7) is 0. The molecule has 0 radical (unpaired) electrons. The summed E-state index contributed by atoms with van der Waals surface area (Å²) in [6, 6.07) is 17.0. The van der Waals surface area contributed by atoms with Crippen LogP contribution < -0.4 is 0 Å². The smallest absolute Gasteiger partial charge is 0.337 e. The van der Waals surface area contributed by atoms with Crippen LogP contribution >= 0.6 is 15.9 Å². The SMILES string of the molecule is O=C1C=C(c2ccc(Br)cc2)O[C@@H](c2ccccc2)O1. The summed E-state index contributed by atoms with van der Waals surface area (Å²) in [5.74, 6) is 0.116. The zero-order valence-electron chi connectivity index (χ0n) is 10.5. The third-order valence-electron chi connectivity index (χ3n) is 2.91. The lowest BCUT2D eigenvalue weighted by Gasteiger charge is -2.24. The highest BCUT2D eigenvalue weighted by Gasteiger charge is 2.24. The van der Waals surface area contributed by atoms with Crippen LogP contribution in [-0.4, -0.2) is 5.97 Å². The molecule has 100 valence electrons. The lowest BCUT2D eigenvalue weighted by atomic mass is 10.1. The van der Waals surface area contributed by atoms with Crippen LogP contribution in [0.15, 0.2) is 65.1 Å². The normalized spacial score (nSPS) is 17.9. The molecule has 3 rings (SSSR count). The van der Waals surface area contributed by atoms with E-state index in [2.05, 4.69) is 15.9 Å². The Hall–Kier alpha value is -2.07. The van der Waals surface area contributed by atoms with Crippen LogP contribution in [0.5, 0.6) is 0 Å². The van der Waals surface area contributed by atoms with Gasteiger partial charge in [0.25, 0.3) is 6.29 Å². The van der Waals surface area contributed by atoms with E-state index in [1.807, 2.05) is 54.6 Å².